The largest absolute Gasteiger partial charge is 0.228 e. The number of hydrogen-bond acceptors (Lipinski definition) is 4. The van der Waals surface area contributed by atoms with Gasteiger partial charge in [0.05, 0.1) is 6.07 Å². The van der Waals surface area contributed by atoms with Crippen molar-refractivity contribution < 1.29 is 8.42 Å². The van der Waals surface area contributed by atoms with E-state index in [-0.39, 0.29) is 6.04 Å². The molecule has 3 unspecified atom stereocenters. The molecule has 6 heteroatoms. The van der Waals surface area contributed by atoms with Crippen LogP contribution < -0.4 is 4.72 Å². The summed E-state index contributed by atoms with van der Waals surface area (Å²) in [5.74, 6) is 0. The lowest BCUT2D eigenvalue weighted by Crippen LogP contribution is -2.46. The van der Waals surface area contributed by atoms with E-state index in [1.807, 2.05) is 12.3 Å². The maximum atomic E-state index is 12.0. The Kier molecular flexibility index (Phi) is 5.77. The van der Waals surface area contributed by atoms with Crippen molar-refractivity contribution in [3.63, 3.8) is 0 Å². The Labute approximate surface area is 108 Å². The van der Waals surface area contributed by atoms with E-state index < -0.39 is 15.3 Å². The van der Waals surface area contributed by atoms with Gasteiger partial charge in [0.1, 0.15) is 0 Å². The third-order valence-electron chi connectivity index (χ3n) is 3.21. The first kappa shape index (κ1) is 14.8. The lowest BCUT2D eigenvalue weighted by molar-refractivity contribution is 0.422. The Balaban J connectivity index is 2.72. The Morgan fingerprint density at radius 3 is 2.65 bits per heavy atom. The molecule has 0 spiro atoms. The fourth-order valence-corrected chi connectivity index (χ4v) is 4.65. The van der Waals surface area contributed by atoms with Gasteiger partial charge in [0.25, 0.3) is 0 Å². The fraction of sp³-hybridized carbons (Fsp3) is 0.909. The highest BCUT2D eigenvalue weighted by molar-refractivity contribution is 7.99. The molecule has 0 saturated heterocycles. The second-order valence-electron chi connectivity index (χ2n) is 4.35. The summed E-state index contributed by atoms with van der Waals surface area (Å²) in [6.45, 7) is 1.72. The highest BCUT2D eigenvalue weighted by atomic mass is 32.2. The van der Waals surface area contributed by atoms with Crippen LogP contribution in [-0.4, -0.2) is 31.2 Å². The molecule has 1 fully saturated rings. The molecule has 1 aliphatic carbocycles. The van der Waals surface area contributed by atoms with Crippen LogP contribution in [0.3, 0.4) is 0 Å². The summed E-state index contributed by atoms with van der Waals surface area (Å²) in [4.78, 5) is 0. The predicted molar refractivity (Wildman–Crippen MR) is 71.3 cm³/mol. The van der Waals surface area contributed by atoms with Crippen molar-refractivity contribution in [1.82, 2.24) is 4.72 Å². The van der Waals surface area contributed by atoms with Gasteiger partial charge in [0, 0.05) is 11.3 Å². The van der Waals surface area contributed by atoms with E-state index in [0.29, 0.717) is 11.7 Å². The van der Waals surface area contributed by atoms with Gasteiger partial charge in [-0.1, -0.05) is 19.8 Å². The minimum atomic E-state index is -3.49. The molecular weight excluding hydrogens is 256 g/mol. The summed E-state index contributed by atoms with van der Waals surface area (Å²) in [6.07, 6.45) is 6.51. The molecule has 1 N–H and O–H groups in total. The van der Waals surface area contributed by atoms with E-state index in [4.69, 9.17) is 5.26 Å². The second-order valence-corrected chi connectivity index (χ2v) is 7.33. The number of sulfonamides is 1. The van der Waals surface area contributed by atoms with E-state index in [1.165, 1.54) is 6.42 Å². The van der Waals surface area contributed by atoms with Crippen LogP contribution >= 0.6 is 11.8 Å². The number of nitriles is 1. The quantitative estimate of drug-likeness (QED) is 0.832. The van der Waals surface area contributed by atoms with Crippen molar-refractivity contribution in [2.75, 3.05) is 6.26 Å². The fourth-order valence-electron chi connectivity index (χ4n) is 2.19. The topological polar surface area (TPSA) is 70.0 Å². The molecule has 0 radical (unpaired) electrons. The predicted octanol–water partition coefficient (Wildman–Crippen LogP) is 1.88. The van der Waals surface area contributed by atoms with E-state index in [0.717, 1.165) is 19.3 Å². The maximum absolute atomic E-state index is 12.0. The first-order valence-corrected chi connectivity index (χ1v) is 8.82. The van der Waals surface area contributed by atoms with Crippen LogP contribution in [0.4, 0.5) is 0 Å². The van der Waals surface area contributed by atoms with Crippen LogP contribution in [0.5, 0.6) is 0 Å². The third kappa shape index (κ3) is 3.87. The van der Waals surface area contributed by atoms with Crippen LogP contribution in [0, 0.1) is 11.3 Å². The van der Waals surface area contributed by atoms with Gasteiger partial charge in [0.2, 0.25) is 10.0 Å². The molecule has 0 aromatic heterocycles. The smallest absolute Gasteiger partial charge is 0.211 e. The molecule has 4 nitrogen and oxygen atoms in total. The van der Waals surface area contributed by atoms with Crippen molar-refractivity contribution in [1.29, 1.82) is 5.26 Å². The number of hydrogen-bond donors (Lipinski definition) is 1. The molecule has 0 aliphatic heterocycles. The van der Waals surface area contributed by atoms with Crippen LogP contribution in [0.1, 0.15) is 39.0 Å². The van der Waals surface area contributed by atoms with E-state index in [9.17, 15) is 8.42 Å². The minimum absolute atomic E-state index is 0.00819. The molecule has 0 aromatic carbocycles. The van der Waals surface area contributed by atoms with Gasteiger partial charge in [-0.3, -0.25) is 0 Å². The summed E-state index contributed by atoms with van der Waals surface area (Å²) in [7, 11) is -3.49. The SMILES string of the molecule is CCC(C#N)S(=O)(=O)NC1CCCCC1SC. The van der Waals surface area contributed by atoms with Crippen LogP contribution in [0.2, 0.25) is 0 Å². The Bertz CT molecular complexity index is 375. The Morgan fingerprint density at radius 1 is 1.47 bits per heavy atom. The average Bonchev–Trinajstić information content (AvgIpc) is 2.30. The Hall–Kier alpha value is -0.250. The molecule has 98 valence electrons. The summed E-state index contributed by atoms with van der Waals surface area (Å²) in [5, 5.41) is 8.26. The summed E-state index contributed by atoms with van der Waals surface area (Å²) in [5.41, 5.74) is 0. The van der Waals surface area contributed by atoms with Gasteiger partial charge < -0.3 is 0 Å². The van der Waals surface area contributed by atoms with E-state index in [2.05, 4.69) is 4.72 Å². The van der Waals surface area contributed by atoms with Gasteiger partial charge in [0.15, 0.2) is 5.25 Å². The summed E-state index contributed by atoms with van der Waals surface area (Å²) < 4.78 is 26.7. The lowest BCUT2D eigenvalue weighted by atomic mass is 9.96. The molecule has 17 heavy (non-hydrogen) atoms. The highest BCUT2D eigenvalue weighted by Gasteiger charge is 2.31. The Morgan fingerprint density at radius 2 is 2.12 bits per heavy atom. The summed E-state index contributed by atoms with van der Waals surface area (Å²) >= 11 is 1.71. The monoisotopic (exact) mass is 276 g/mol. The molecule has 0 heterocycles. The first-order chi connectivity index (χ1) is 8.05. The molecule has 1 rings (SSSR count). The molecule has 0 bridgehead atoms. The van der Waals surface area contributed by atoms with Crippen LogP contribution in [0.25, 0.3) is 0 Å². The molecule has 3 atom stereocenters. The van der Waals surface area contributed by atoms with Gasteiger partial charge in [-0.2, -0.15) is 17.0 Å². The minimum Gasteiger partial charge on any atom is -0.211 e. The molecule has 0 amide bonds. The zero-order valence-electron chi connectivity index (χ0n) is 10.3. The number of nitrogens with one attached hydrogen (secondary N) is 1. The van der Waals surface area contributed by atoms with Crippen molar-refractivity contribution in [2.24, 2.45) is 0 Å². The summed E-state index contributed by atoms with van der Waals surface area (Å²) in [6, 6.07) is 1.85. The average molecular weight is 276 g/mol. The zero-order valence-corrected chi connectivity index (χ0v) is 12.0. The normalized spacial score (nSPS) is 27.4. The third-order valence-corrected chi connectivity index (χ3v) is 6.20. The standard InChI is InChI=1S/C11H20N2O2S2/c1-3-9(8-12)17(14,15)13-10-6-4-5-7-11(10)16-2/h9-11,13H,3-7H2,1-2H3. The molecule has 0 aromatic rings. The van der Waals surface area contributed by atoms with E-state index in [1.54, 1.807) is 18.7 Å². The highest BCUT2D eigenvalue weighted by Crippen LogP contribution is 2.28. The number of thioether (sulfide) groups is 1. The van der Waals surface area contributed by atoms with Gasteiger partial charge in [-0.15, -0.1) is 0 Å². The van der Waals surface area contributed by atoms with Gasteiger partial charge in [-0.05, 0) is 25.5 Å². The van der Waals surface area contributed by atoms with Crippen molar-refractivity contribution >= 4 is 21.8 Å². The van der Waals surface area contributed by atoms with Crippen LogP contribution in [-0.2, 0) is 10.0 Å². The maximum Gasteiger partial charge on any atom is 0.228 e. The van der Waals surface area contributed by atoms with Gasteiger partial charge in [-0.25, -0.2) is 13.1 Å². The molecular formula is C11H20N2O2S2. The van der Waals surface area contributed by atoms with Crippen molar-refractivity contribution in [3.05, 3.63) is 0 Å². The van der Waals surface area contributed by atoms with Crippen molar-refractivity contribution in [2.45, 2.75) is 55.6 Å². The molecule has 1 saturated carbocycles. The van der Waals surface area contributed by atoms with Crippen molar-refractivity contribution in [3.8, 4) is 6.07 Å². The second kappa shape index (κ2) is 6.62. The first-order valence-electron chi connectivity index (χ1n) is 5.98. The number of rotatable bonds is 5. The van der Waals surface area contributed by atoms with E-state index >= 15 is 0 Å². The zero-order chi connectivity index (χ0) is 12.9. The van der Waals surface area contributed by atoms with Crippen LogP contribution in [0.15, 0.2) is 0 Å². The lowest BCUT2D eigenvalue weighted by Gasteiger charge is -2.31. The molecule has 1 aliphatic rings. The number of nitrogens with zero attached hydrogens (tertiary/aromatic N) is 1. The van der Waals surface area contributed by atoms with Gasteiger partial charge >= 0.3 is 0 Å².